The lowest BCUT2D eigenvalue weighted by atomic mass is 9.53. The van der Waals surface area contributed by atoms with Crippen molar-refractivity contribution in [2.45, 2.75) is 171 Å². The summed E-state index contributed by atoms with van der Waals surface area (Å²) in [5.74, 6) is 13.9. The zero-order valence-corrected chi connectivity index (χ0v) is 32.1. The molecule has 4 saturated carbocycles. The summed E-state index contributed by atoms with van der Waals surface area (Å²) in [4.78, 5) is 0. The SMILES string of the molecule is CCCCC(C)C(C)C(C)CC1C(C)C2CC=C(C3CCCC4C3CCCC4C3CCCCC(C)C4CCC=CC43)CC2C1(C)C. The second-order valence-corrected chi connectivity index (χ2v) is 19.6. The maximum absolute atomic E-state index is 2.88. The molecule has 0 radical (unpaired) electrons. The van der Waals surface area contributed by atoms with Gasteiger partial charge in [0.25, 0.3) is 0 Å². The van der Waals surface area contributed by atoms with Gasteiger partial charge in [-0.1, -0.05) is 131 Å². The van der Waals surface area contributed by atoms with Crippen LogP contribution >= 0.6 is 0 Å². The van der Waals surface area contributed by atoms with Crippen LogP contribution in [0, 0.1) is 94.2 Å². The first-order valence-electron chi connectivity index (χ1n) is 21.5. The molecule has 15 unspecified atom stereocenters. The fourth-order valence-corrected chi connectivity index (χ4v) is 14.2. The van der Waals surface area contributed by atoms with Crippen LogP contribution in [0.2, 0.25) is 0 Å². The van der Waals surface area contributed by atoms with Gasteiger partial charge in [-0.3, -0.25) is 0 Å². The predicted molar refractivity (Wildman–Crippen MR) is 201 cm³/mol. The van der Waals surface area contributed by atoms with Crippen LogP contribution in [0.5, 0.6) is 0 Å². The fraction of sp³-hybridized carbons (Fsp3) is 0.913. The van der Waals surface area contributed by atoms with Crippen LogP contribution in [0.15, 0.2) is 23.8 Å². The van der Waals surface area contributed by atoms with Crippen LogP contribution in [0.1, 0.15) is 171 Å². The quantitative estimate of drug-likeness (QED) is 0.222. The molecule has 6 aliphatic carbocycles. The zero-order chi connectivity index (χ0) is 32.6. The summed E-state index contributed by atoms with van der Waals surface area (Å²) in [5, 5.41) is 0. The minimum Gasteiger partial charge on any atom is -0.0882 e. The summed E-state index contributed by atoms with van der Waals surface area (Å²) in [7, 11) is 0. The van der Waals surface area contributed by atoms with E-state index in [1.165, 1.54) is 96.3 Å². The molecule has 0 amide bonds. The molecule has 6 rings (SSSR count). The van der Waals surface area contributed by atoms with Crippen molar-refractivity contribution < 1.29 is 0 Å². The molecule has 6 aliphatic rings. The number of unbranched alkanes of at least 4 members (excludes halogenated alkanes) is 1. The molecule has 46 heavy (non-hydrogen) atoms. The monoisotopic (exact) mass is 631 g/mol. The Hall–Kier alpha value is -0.520. The second kappa shape index (κ2) is 15.2. The van der Waals surface area contributed by atoms with Crippen LogP contribution in [-0.2, 0) is 0 Å². The molecule has 0 heteroatoms. The van der Waals surface area contributed by atoms with E-state index >= 15 is 0 Å². The van der Waals surface area contributed by atoms with E-state index in [2.05, 4.69) is 73.6 Å². The van der Waals surface area contributed by atoms with Gasteiger partial charge >= 0.3 is 0 Å². The third-order valence-electron chi connectivity index (χ3n) is 17.2. The van der Waals surface area contributed by atoms with Gasteiger partial charge in [0.2, 0.25) is 0 Å². The molecular weight excluding hydrogens is 553 g/mol. The number of hydrogen-bond donors (Lipinski definition) is 0. The van der Waals surface area contributed by atoms with Gasteiger partial charge in [-0.05, 0) is 158 Å². The van der Waals surface area contributed by atoms with E-state index in [1.807, 2.05) is 5.57 Å². The van der Waals surface area contributed by atoms with Crippen molar-refractivity contribution in [3.63, 3.8) is 0 Å². The average Bonchev–Trinajstić information content (AvgIpc) is 3.25. The third kappa shape index (κ3) is 6.92. The molecule has 0 saturated heterocycles. The second-order valence-electron chi connectivity index (χ2n) is 19.6. The average molecular weight is 631 g/mol. The molecule has 4 fully saturated rings. The van der Waals surface area contributed by atoms with Crippen LogP contribution in [-0.4, -0.2) is 0 Å². The van der Waals surface area contributed by atoms with Crippen molar-refractivity contribution in [3.8, 4) is 0 Å². The van der Waals surface area contributed by atoms with Crippen LogP contribution in [0.4, 0.5) is 0 Å². The largest absolute Gasteiger partial charge is 0.0882 e. The van der Waals surface area contributed by atoms with Crippen molar-refractivity contribution in [3.05, 3.63) is 23.8 Å². The standard InChI is InChI=1S/C46H78/c1-9-10-17-30(2)33(5)32(4)28-44-34(6)37-27-26-35(29-45(37)46(44,7)8)38-22-15-24-42-40(38)23-16-25-43(42)41-21-12-11-18-31(3)36-19-13-14-20-39(36)41/h14,20,26,30-34,36-45H,9-13,15-19,21-25,27-29H2,1-8H3. The summed E-state index contributed by atoms with van der Waals surface area (Å²) < 4.78 is 0. The highest BCUT2D eigenvalue weighted by Crippen LogP contribution is 2.63. The molecule has 0 aromatic carbocycles. The van der Waals surface area contributed by atoms with E-state index in [4.69, 9.17) is 0 Å². The molecule has 262 valence electrons. The minimum absolute atomic E-state index is 0.477. The first-order chi connectivity index (χ1) is 22.1. The normalized spacial score (nSPS) is 44.5. The van der Waals surface area contributed by atoms with Crippen LogP contribution in [0.25, 0.3) is 0 Å². The molecule has 0 aromatic heterocycles. The van der Waals surface area contributed by atoms with E-state index < -0.39 is 0 Å². The third-order valence-corrected chi connectivity index (χ3v) is 17.2. The predicted octanol–water partition coefficient (Wildman–Crippen LogP) is 14.0. The maximum Gasteiger partial charge on any atom is -0.0171 e. The van der Waals surface area contributed by atoms with Gasteiger partial charge in [0.1, 0.15) is 0 Å². The van der Waals surface area contributed by atoms with Crippen LogP contribution in [0.3, 0.4) is 0 Å². The van der Waals surface area contributed by atoms with Crippen LogP contribution < -0.4 is 0 Å². The Kier molecular flexibility index (Phi) is 11.6. The Morgan fingerprint density at radius 3 is 2.24 bits per heavy atom. The van der Waals surface area contributed by atoms with Gasteiger partial charge in [-0.25, -0.2) is 0 Å². The minimum atomic E-state index is 0.477. The summed E-state index contributed by atoms with van der Waals surface area (Å²) in [6.45, 7) is 20.9. The topological polar surface area (TPSA) is 0 Å². The van der Waals surface area contributed by atoms with E-state index in [1.54, 1.807) is 19.3 Å². The first-order valence-corrected chi connectivity index (χ1v) is 21.5. The van der Waals surface area contributed by atoms with Gasteiger partial charge in [0.05, 0.1) is 0 Å². The first kappa shape index (κ1) is 35.3. The Balaban J connectivity index is 1.15. The van der Waals surface area contributed by atoms with Crippen molar-refractivity contribution in [1.82, 2.24) is 0 Å². The highest BCUT2D eigenvalue weighted by atomic mass is 14.6. The molecule has 0 spiro atoms. The molecule has 0 aromatic rings. The molecule has 0 bridgehead atoms. The molecule has 0 aliphatic heterocycles. The highest BCUT2D eigenvalue weighted by Gasteiger charge is 2.55. The van der Waals surface area contributed by atoms with Crippen molar-refractivity contribution in [1.29, 1.82) is 0 Å². The van der Waals surface area contributed by atoms with Gasteiger partial charge in [-0.15, -0.1) is 0 Å². The lowest BCUT2D eigenvalue weighted by molar-refractivity contribution is -0.00138. The highest BCUT2D eigenvalue weighted by molar-refractivity contribution is 5.20. The lowest BCUT2D eigenvalue weighted by Gasteiger charge is -2.52. The Bertz CT molecular complexity index is 1030. The van der Waals surface area contributed by atoms with Crippen molar-refractivity contribution in [2.24, 2.45) is 94.2 Å². The van der Waals surface area contributed by atoms with E-state index in [9.17, 15) is 0 Å². The van der Waals surface area contributed by atoms with E-state index in [0.717, 1.165) is 88.8 Å². The lowest BCUT2D eigenvalue weighted by Crippen LogP contribution is -2.44. The molecule has 15 atom stereocenters. The van der Waals surface area contributed by atoms with Crippen molar-refractivity contribution in [2.75, 3.05) is 0 Å². The summed E-state index contributed by atoms with van der Waals surface area (Å²) in [6, 6.07) is 0. The number of allylic oxidation sites excluding steroid dienone is 4. The summed E-state index contributed by atoms with van der Waals surface area (Å²) in [5.41, 5.74) is 2.44. The van der Waals surface area contributed by atoms with Gasteiger partial charge in [-0.2, -0.15) is 0 Å². The molecular formula is C46H78. The Labute approximate surface area is 288 Å². The summed E-state index contributed by atoms with van der Waals surface area (Å²) >= 11 is 0. The molecule has 0 heterocycles. The van der Waals surface area contributed by atoms with E-state index in [0.29, 0.717) is 5.41 Å². The Morgan fingerprint density at radius 1 is 0.761 bits per heavy atom. The van der Waals surface area contributed by atoms with Gasteiger partial charge in [0.15, 0.2) is 0 Å². The summed E-state index contributed by atoms with van der Waals surface area (Å²) in [6.07, 6.45) is 34.7. The fourth-order valence-electron chi connectivity index (χ4n) is 14.2. The Morgan fingerprint density at radius 2 is 1.46 bits per heavy atom. The maximum atomic E-state index is 2.88. The van der Waals surface area contributed by atoms with Crippen molar-refractivity contribution >= 4 is 0 Å². The van der Waals surface area contributed by atoms with E-state index in [-0.39, 0.29) is 0 Å². The van der Waals surface area contributed by atoms with Gasteiger partial charge in [0, 0.05) is 0 Å². The smallest absolute Gasteiger partial charge is 0.0171 e. The number of hydrogen-bond acceptors (Lipinski definition) is 0. The number of fused-ring (bicyclic) bond motifs is 3. The zero-order valence-electron chi connectivity index (χ0n) is 32.1. The molecule has 0 N–H and O–H groups in total. The number of rotatable bonds is 9. The van der Waals surface area contributed by atoms with Gasteiger partial charge < -0.3 is 0 Å². The molecule has 0 nitrogen and oxygen atoms in total.